The zero-order chi connectivity index (χ0) is 22.9. The van der Waals surface area contributed by atoms with Crippen LogP contribution in [0.25, 0.3) is 11.1 Å². The number of carboxylic acids is 1. The summed E-state index contributed by atoms with van der Waals surface area (Å²) in [4.78, 5) is 38.3. The number of nitrogens with one attached hydrogen (secondary N) is 1. The monoisotopic (exact) mass is 466 g/mol. The molecule has 1 heterocycles. The van der Waals surface area contributed by atoms with Crippen LogP contribution in [0.15, 0.2) is 48.5 Å². The number of carbonyl (C=O) groups excluding carboxylic acids is 2. The van der Waals surface area contributed by atoms with Gasteiger partial charge in [-0.1, -0.05) is 48.5 Å². The Morgan fingerprint density at radius 3 is 2.30 bits per heavy atom. The van der Waals surface area contributed by atoms with Crippen LogP contribution in [-0.2, 0) is 14.3 Å². The van der Waals surface area contributed by atoms with Gasteiger partial charge in [0.15, 0.2) is 0 Å². The maximum Gasteiger partial charge on any atom is 0.407 e. The number of amides is 2. The van der Waals surface area contributed by atoms with Crippen molar-refractivity contribution in [1.82, 2.24) is 10.2 Å². The number of carbonyl (C=O) groups is 3. The molecule has 33 heavy (non-hydrogen) atoms. The Morgan fingerprint density at radius 2 is 1.70 bits per heavy atom. The molecule has 2 N–H and O–H groups in total. The van der Waals surface area contributed by atoms with E-state index in [1.54, 1.807) is 0 Å². The van der Waals surface area contributed by atoms with Crippen molar-refractivity contribution in [1.29, 1.82) is 0 Å². The van der Waals surface area contributed by atoms with Crippen molar-refractivity contribution < 1.29 is 24.2 Å². The minimum Gasteiger partial charge on any atom is -0.480 e. The number of ether oxygens (including phenoxy) is 1. The van der Waals surface area contributed by atoms with Gasteiger partial charge in [0.25, 0.3) is 0 Å². The minimum atomic E-state index is -0.985. The van der Waals surface area contributed by atoms with E-state index < -0.39 is 18.1 Å². The van der Waals surface area contributed by atoms with Crippen molar-refractivity contribution in [2.75, 3.05) is 18.2 Å². The Kier molecular flexibility index (Phi) is 6.01. The fraction of sp³-hybridized carbons (Fsp3) is 0.400. The number of fused-ring (bicyclic) bond motifs is 3. The molecule has 172 valence electrons. The molecule has 7 nitrogen and oxygen atoms in total. The van der Waals surface area contributed by atoms with Gasteiger partial charge in [-0.05, 0) is 41.0 Å². The number of alkyl carbamates (subject to hydrolysis) is 1. The van der Waals surface area contributed by atoms with Gasteiger partial charge in [0.1, 0.15) is 12.6 Å². The lowest BCUT2D eigenvalue weighted by Gasteiger charge is -2.24. The first kappa shape index (κ1) is 21.8. The number of nitrogens with zero attached hydrogens (tertiary/aromatic N) is 1. The lowest BCUT2D eigenvalue weighted by molar-refractivity contribution is -0.148. The summed E-state index contributed by atoms with van der Waals surface area (Å²) < 4.78 is 5.64. The maximum atomic E-state index is 12.8. The number of rotatable bonds is 7. The molecule has 0 aromatic heterocycles. The standard InChI is InChI=1S/C25H26N2O5S/c28-23(27-14-33-13-22(27)24(29)30)11-21(15-9-10-15)26-25(31)32-12-20-18-7-3-1-5-16(18)17-6-2-4-8-19(17)20/h1-8,15,20-22H,9-14H2,(H,26,31)(H,29,30). The van der Waals surface area contributed by atoms with Crippen molar-refractivity contribution in [2.24, 2.45) is 5.92 Å². The molecule has 3 aliphatic rings. The fourth-order valence-electron chi connectivity index (χ4n) is 4.82. The number of carboxylic acid groups (broad SMARTS) is 1. The van der Waals surface area contributed by atoms with Gasteiger partial charge in [-0.15, -0.1) is 11.8 Å². The number of aliphatic carboxylic acids is 1. The maximum absolute atomic E-state index is 12.8. The smallest absolute Gasteiger partial charge is 0.407 e. The van der Waals surface area contributed by atoms with Gasteiger partial charge < -0.3 is 20.1 Å². The van der Waals surface area contributed by atoms with E-state index in [1.807, 2.05) is 24.3 Å². The zero-order valence-electron chi connectivity index (χ0n) is 18.1. The lowest BCUT2D eigenvalue weighted by Crippen LogP contribution is -2.46. The average molecular weight is 467 g/mol. The second-order valence-electron chi connectivity index (χ2n) is 8.84. The predicted molar refractivity (Wildman–Crippen MR) is 125 cm³/mol. The zero-order valence-corrected chi connectivity index (χ0v) is 18.9. The first-order valence-corrected chi connectivity index (χ1v) is 12.4. The Morgan fingerprint density at radius 1 is 1.06 bits per heavy atom. The van der Waals surface area contributed by atoms with E-state index in [4.69, 9.17) is 4.74 Å². The summed E-state index contributed by atoms with van der Waals surface area (Å²) in [6, 6.07) is 15.2. The van der Waals surface area contributed by atoms with Gasteiger partial charge in [-0.3, -0.25) is 4.79 Å². The molecular formula is C25H26N2O5S. The van der Waals surface area contributed by atoms with Crippen LogP contribution in [0, 0.1) is 5.92 Å². The summed E-state index contributed by atoms with van der Waals surface area (Å²) in [6.07, 6.45) is 1.45. The van der Waals surface area contributed by atoms with Crippen molar-refractivity contribution in [3.05, 3.63) is 59.7 Å². The molecule has 2 aliphatic carbocycles. The van der Waals surface area contributed by atoms with Crippen LogP contribution in [0.1, 0.15) is 36.3 Å². The van der Waals surface area contributed by atoms with Gasteiger partial charge in [-0.25, -0.2) is 9.59 Å². The van der Waals surface area contributed by atoms with Gasteiger partial charge >= 0.3 is 12.1 Å². The van der Waals surface area contributed by atoms with E-state index >= 15 is 0 Å². The summed E-state index contributed by atoms with van der Waals surface area (Å²) >= 11 is 1.44. The second kappa shape index (κ2) is 9.09. The molecule has 1 saturated carbocycles. The average Bonchev–Trinajstić information content (AvgIpc) is 3.45. The molecule has 2 aromatic rings. The number of thioether (sulfide) groups is 1. The van der Waals surface area contributed by atoms with Crippen LogP contribution < -0.4 is 5.32 Å². The Hall–Kier alpha value is -3.00. The highest BCUT2D eigenvalue weighted by Crippen LogP contribution is 2.44. The first-order valence-electron chi connectivity index (χ1n) is 11.2. The lowest BCUT2D eigenvalue weighted by atomic mass is 9.98. The third-order valence-corrected chi connectivity index (χ3v) is 7.73. The van der Waals surface area contributed by atoms with Gasteiger partial charge in [0.05, 0.1) is 5.88 Å². The third kappa shape index (κ3) is 4.44. The van der Waals surface area contributed by atoms with E-state index in [0.29, 0.717) is 11.6 Å². The van der Waals surface area contributed by atoms with Crippen molar-refractivity contribution in [2.45, 2.75) is 37.3 Å². The van der Waals surface area contributed by atoms with E-state index in [0.717, 1.165) is 24.0 Å². The number of hydrogen-bond acceptors (Lipinski definition) is 5. The normalized spacial score (nSPS) is 20.1. The largest absolute Gasteiger partial charge is 0.480 e. The highest BCUT2D eigenvalue weighted by Gasteiger charge is 2.39. The molecule has 2 atom stereocenters. The second-order valence-corrected chi connectivity index (χ2v) is 9.84. The SMILES string of the molecule is O=C(NC(CC(=O)N1CSCC1C(=O)O)C1CC1)OCC1c2ccccc2-c2ccccc21. The fourth-order valence-corrected chi connectivity index (χ4v) is 6.00. The van der Waals surface area contributed by atoms with E-state index in [2.05, 4.69) is 29.6 Å². The van der Waals surface area contributed by atoms with E-state index in [9.17, 15) is 19.5 Å². The highest BCUT2D eigenvalue weighted by molar-refractivity contribution is 7.99. The van der Waals surface area contributed by atoms with Crippen molar-refractivity contribution in [3.63, 3.8) is 0 Å². The third-order valence-electron chi connectivity index (χ3n) is 6.72. The van der Waals surface area contributed by atoms with Crippen molar-refractivity contribution >= 4 is 29.7 Å². The first-order chi connectivity index (χ1) is 16.0. The summed E-state index contributed by atoms with van der Waals surface area (Å²) in [5.74, 6) is -0.244. The van der Waals surface area contributed by atoms with Crippen LogP contribution in [0.5, 0.6) is 0 Å². The van der Waals surface area contributed by atoms with Crippen LogP contribution in [0.3, 0.4) is 0 Å². The van der Waals surface area contributed by atoms with Gasteiger partial charge in [0.2, 0.25) is 5.91 Å². The molecule has 2 aromatic carbocycles. The molecule has 8 heteroatoms. The molecule has 1 saturated heterocycles. The van der Waals surface area contributed by atoms with Crippen LogP contribution >= 0.6 is 11.8 Å². The Balaban J connectivity index is 1.21. The number of benzene rings is 2. The summed E-state index contributed by atoms with van der Waals surface area (Å²) in [7, 11) is 0. The van der Waals surface area contributed by atoms with Gasteiger partial charge in [-0.2, -0.15) is 0 Å². The molecule has 0 bridgehead atoms. The van der Waals surface area contributed by atoms with Crippen LogP contribution in [0.2, 0.25) is 0 Å². The molecule has 2 fully saturated rings. The molecule has 1 aliphatic heterocycles. The molecule has 2 unspecified atom stereocenters. The van der Waals surface area contributed by atoms with Crippen LogP contribution in [0.4, 0.5) is 4.79 Å². The van der Waals surface area contributed by atoms with Crippen LogP contribution in [-0.4, -0.2) is 58.3 Å². The predicted octanol–water partition coefficient (Wildman–Crippen LogP) is 3.68. The van der Waals surface area contributed by atoms with Crippen molar-refractivity contribution in [3.8, 4) is 11.1 Å². The Labute approximate surface area is 196 Å². The summed E-state index contributed by atoms with van der Waals surface area (Å²) in [5.41, 5.74) is 4.62. The quantitative estimate of drug-likeness (QED) is 0.646. The van der Waals surface area contributed by atoms with E-state index in [-0.39, 0.29) is 36.8 Å². The topological polar surface area (TPSA) is 95.9 Å². The Bertz CT molecular complexity index is 1040. The molecule has 0 radical (unpaired) electrons. The molecule has 5 rings (SSSR count). The molecule has 2 amide bonds. The minimum absolute atomic E-state index is 0.0258. The number of hydrogen-bond donors (Lipinski definition) is 2. The van der Waals surface area contributed by atoms with E-state index in [1.165, 1.54) is 27.8 Å². The molecular weight excluding hydrogens is 440 g/mol. The highest BCUT2D eigenvalue weighted by atomic mass is 32.2. The van der Waals surface area contributed by atoms with Gasteiger partial charge in [0, 0.05) is 24.1 Å². The summed E-state index contributed by atoms with van der Waals surface area (Å²) in [6.45, 7) is 0.217. The summed E-state index contributed by atoms with van der Waals surface area (Å²) in [5, 5.41) is 12.2. The molecule has 0 spiro atoms.